The summed E-state index contributed by atoms with van der Waals surface area (Å²) in [6, 6.07) is 11.0. The van der Waals surface area contributed by atoms with E-state index in [1.807, 2.05) is 30.3 Å². The smallest absolute Gasteiger partial charge is 0.254 e. The van der Waals surface area contributed by atoms with Crippen LogP contribution in [0.3, 0.4) is 0 Å². The molecule has 0 fully saturated rings. The zero-order chi connectivity index (χ0) is 20.2. The third kappa shape index (κ3) is 4.35. The van der Waals surface area contributed by atoms with Crippen LogP contribution in [0.4, 0.5) is 5.00 Å². The van der Waals surface area contributed by atoms with Gasteiger partial charge in [-0.1, -0.05) is 12.1 Å². The molecule has 150 valence electrons. The standard InChI is InChI=1S/C22H22N2O4S/c1-27-15-9-7-14(8-10-15)12-19(25)24-22-20(17-5-2-6-18(17)29-22)21(26)23-13-16-4-3-11-28-16/h3-4,7-11H,2,5-6,12-13H2,1H3,(H,23,26)(H,24,25). The number of ether oxygens (including phenoxy) is 1. The van der Waals surface area contributed by atoms with Crippen LogP contribution < -0.4 is 15.4 Å². The highest BCUT2D eigenvalue weighted by Crippen LogP contribution is 2.39. The lowest BCUT2D eigenvalue weighted by atomic mass is 10.1. The quantitative estimate of drug-likeness (QED) is 0.618. The number of amides is 2. The maximum Gasteiger partial charge on any atom is 0.254 e. The van der Waals surface area contributed by atoms with Gasteiger partial charge in [-0.25, -0.2) is 0 Å². The number of aryl methyl sites for hydroxylation is 1. The zero-order valence-electron chi connectivity index (χ0n) is 16.1. The Hall–Kier alpha value is -3.06. The molecule has 1 aromatic carbocycles. The second-order valence-corrected chi connectivity index (χ2v) is 8.00. The van der Waals surface area contributed by atoms with Gasteiger partial charge in [-0.15, -0.1) is 11.3 Å². The van der Waals surface area contributed by atoms with Crippen molar-refractivity contribution in [1.82, 2.24) is 5.32 Å². The largest absolute Gasteiger partial charge is 0.497 e. The number of anilines is 1. The number of methoxy groups -OCH3 is 1. The molecule has 0 spiro atoms. The summed E-state index contributed by atoms with van der Waals surface area (Å²) >= 11 is 1.51. The van der Waals surface area contributed by atoms with Crippen LogP contribution in [0.5, 0.6) is 5.75 Å². The minimum atomic E-state index is -0.180. The van der Waals surface area contributed by atoms with Crippen molar-refractivity contribution in [3.63, 3.8) is 0 Å². The molecule has 7 heteroatoms. The number of nitrogens with one attached hydrogen (secondary N) is 2. The maximum atomic E-state index is 12.9. The average molecular weight is 410 g/mol. The second kappa shape index (κ2) is 8.53. The van der Waals surface area contributed by atoms with E-state index in [-0.39, 0.29) is 18.2 Å². The van der Waals surface area contributed by atoms with Gasteiger partial charge in [-0.05, 0) is 54.7 Å². The van der Waals surface area contributed by atoms with Gasteiger partial charge in [0.1, 0.15) is 16.5 Å². The van der Waals surface area contributed by atoms with Gasteiger partial charge in [0.05, 0.1) is 31.9 Å². The van der Waals surface area contributed by atoms with E-state index < -0.39 is 0 Å². The lowest BCUT2D eigenvalue weighted by molar-refractivity contribution is -0.115. The van der Waals surface area contributed by atoms with Gasteiger partial charge in [-0.3, -0.25) is 9.59 Å². The van der Waals surface area contributed by atoms with Crippen LogP contribution in [0.25, 0.3) is 0 Å². The number of hydrogen-bond acceptors (Lipinski definition) is 5. The Morgan fingerprint density at radius 2 is 2.00 bits per heavy atom. The molecule has 0 radical (unpaired) electrons. The van der Waals surface area contributed by atoms with E-state index in [0.717, 1.165) is 36.1 Å². The van der Waals surface area contributed by atoms with Crippen molar-refractivity contribution in [2.75, 3.05) is 12.4 Å². The molecule has 3 aromatic rings. The first kappa shape index (κ1) is 19.3. The van der Waals surface area contributed by atoms with Gasteiger partial charge in [0.2, 0.25) is 5.91 Å². The van der Waals surface area contributed by atoms with Gasteiger partial charge >= 0.3 is 0 Å². The van der Waals surface area contributed by atoms with E-state index in [9.17, 15) is 9.59 Å². The van der Waals surface area contributed by atoms with E-state index in [1.165, 1.54) is 16.2 Å². The van der Waals surface area contributed by atoms with Gasteiger partial charge in [0.15, 0.2) is 0 Å². The van der Waals surface area contributed by atoms with Crippen LogP contribution in [0, 0.1) is 0 Å². The molecule has 2 amide bonds. The summed E-state index contributed by atoms with van der Waals surface area (Å²) in [5, 5.41) is 6.49. The molecule has 0 unspecified atom stereocenters. The van der Waals surface area contributed by atoms with E-state index in [1.54, 1.807) is 19.4 Å². The van der Waals surface area contributed by atoms with Crippen molar-refractivity contribution in [2.24, 2.45) is 0 Å². The zero-order valence-corrected chi connectivity index (χ0v) is 16.9. The molecule has 1 aliphatic rings. The number of furan rings is 1. The molecule has 6 nitrogen and oxygen atoms in total. The van der Waals surface area contributed by atoms with E-state index in [0.29, 0.717) is 22.9 Å². The van der Waals surface area contributed by atoms with E-state index in [4.69, 9.17) is 9.15 Å². The maximum absolute atomic E-state index is 12.9. The Morgan fingerprint density at radius 1 is 1.17 bits per heavy atom. The lowest BCUT2D eigenvalue weighted by Crippen LogP contribution is -2.25. The van der Waals surface area contributed by atoms with Crippen molar-refractivity contribution >= 4 is 28.2 Å². The molecule has 4 rings (SSSR count). The van der Waals surface area contributed by atoms with E-state index in [2.05, 4.69) is 10.6 Å². The number of benzene rings is 1. The molecule has 0 saturated heterocycles. The highest BCUT2D eigenvalue weighted by molar-refractivity contribution is 7.17. The van der Waals surface area contributed by atoms with Crippen molar-refractivity contribution in [2.45, 2.75) is 32.2 Å². The minimum absolute atomic E-state index is 0.143. The first-order chi connectivity index (χ1) is 14.1. The third-order valence-electron chi connectivity index (χ3n) is 4.93. The first-order valence-electron chi connectivity index (χ1n) is 9.52. The first-order valence-corrected chi connectivity index (χ1v) is 10.3. The Balaban J connectivity index is 1.47. The number of carbonyl (C=O) groups is 2. The van der Waals surface area contributed by atoms with Gasteiger partial charge in [0, 0.05) is 4.88 Å². The minimum Gasteiger partial charge on any atom is -0.497 e. The topological polar surface area (TPSA) is 80.6 Å². The molecular weight excluding hydrogens is 388 g/mol. The summed E-state index contributed by atoms with van der Waals surface area (Å²) < 4.78 is 10.4. The van der Waals surface area contributed by atoms with Crippen LogP contribution >= 0.6 is 11.3 Å². The third-order valence-corrected chi connectivity index (χ3v) is 6.14. The lowest BCUT2D eigenvalue weighted by Gasteiger charge is -2.09. The molecular formula is C22H22N2O4S. The summed E-state index contributed by atoms with van der Waals surface area (Å²) in [6.45, 7) is 0.315. The summed E-state index contributed by atoms with van der Waals surface area (Å²) in [4.78, 5) is 26.7. The Labute approximate surface area is 172 Å². The average Bonchev–Trinajstić information content (AvgIpc) is 3.44. The highest BCUT2D eigenvalue weighted by atomic mass is 32.1. The molecule has 2 aromatic heterocycles. The fraction of sp³-hybridized carbons (Fsp3) is 0.273. The van der Waals surface area contributed by atoms with Crippen LogP contribution in [-0.2, 0) is 30.6 Å². The summed E-state index contributed by atoms with van der Waals surface area (Å²) in [6.07, 6.45) is 4.67. The summed E-state index contributed by atoms with van der Waals surface area (Å²) in [5.41, 5.74) is 2.54. The predicted molar refractivity (Wildman–Crippen MR) is 112 cm³/mol. The van der Waals surface area contributed by atoms with Gasteiger partial charge in [0.25, 0.3) is 5.91 Å². The van der Waals surface area contributed by atoms with Crippen LogP contribution in [0.2, 0.25) is 0 Å². The number of thiophene rings is 1. The Morgan fingerprint density at radius 3 is 2.72 bits per heavy atom. The van der Waals surface area contributed by atoms with Gasteiger partial charge < -0.3 is 19.8 Å². The van der Waals surface area contributed by atoms with Crippen LogP contribution in [0.15, 0.2) is 47.1 Å². The van der Waals surface area contributed by atoms with Gasteiger partial charge in [-0.2, -0.15) is 0 Å². The number of fused-ring (bicyclic) bond motifs is 1. The van der Waals surface area contributed by atoms with Crippen LogP contribution in [0.1, 0.15) is 38.5 Å². The normalized spacial score (nSPS) is 12.4. The SMILES string of the molecule is COc1ccc(CC(=O)Nc2sc3c(c2C(=O)NCc2ccco2)CCC3)cc1. The van der Waals surface area contributed by atoms with Crippen molar-refractivity contribution in [3.05, 3.63) is 70.0 Å². The van der Waals surface area contributed by atoms with Crippen molar-refractivity contribution < 1.29 is 18.7 Å². The Kier molecular flexibility index (Phi) is 5.67. The van der Waals surface area contributed by atoms with Crippen LogP contribution in [-0.4, -0.2) is 18.9 Å². The Bertz CT molecular complexity index is 1010. The number of carbonyl (C=O) groups excluding carboxylic acids is 2. The fourth-order valence-corrected chi connectivity index (χ4v) is 4.80. The molecule has 0 aliphatic heterocycles. The molecule has 29 heavy (non-hydrogen) atoms. The summed E-state index contributed by atoms with van der Waals surface area (Å²) in [5.74, 6) is 1.12. The van der Waals surface area contributed by atoms with Crippen molar-refractivity contribution in [1.29, 1.82) is 0 Å². The monoisotopic (exact) mass is 410 g/mol. The molecule has 0 bridgehead atoms. The molecule has 2 N–H and O–H groups in total. The molecule has 0 atom stereocenters. The fourth-order valence-electron chi connectivity index (χ4n) is 3.50. The summed E-state index contributed by atoms with van der Waals surface area (Å²) in [7, 11) is 1.61. The number of rotatable bonds is 7. The molecule has 2 heterocycles. The predicted octanol–water partition coefficient (Wildman–Crippen LogP) is 3.95. The van der Waals surface area contributed by atoms with E-state index >= 15 is 0 Å². The second-order valence-electron chi connectivity index (χ2n) is 6.90. The number of hydrogen-bond donors (Lipinski definition) is 2. The molecule has 0 saturated carbocycles. The highest BCUT2D eigenvalue weighted by Gasteiger charge is 2.27. The van der Waals surface area contributed by atoms with Crippen molar-refractivity contribution in [3.8, 4) is 5.75 Å². The molecule has 1 aliphatic carbocycles.